The summed E-state index contributed by atoms with van der Waals surface area (Å²) in [6.07, 6.45) is 0. The van der Waals surface area contributed by atoms with E-state index in [1.165, 1.54) is 6.07 Å². The molecule has 0 aliphatic heterocycles. The number of rotatable bonds is 6. The third-order valence-corrected chi connectivity index (χ3v) is 2.52. The fourth-order valence-electron chi connectivity index (χ4n) is 1.31. The Kier molecular flexibility index (Phi) is 5.35. The number of hydrogen-bond acceptors (Lipinski definition) is 2. The van der Waals surface area contributed by atoms with Gasteiger partial charge in [0.15, 0.2) is 11.6 Å². The minimum atomic E-state index is -0.797. The quantitative estimate of drug-likeness (QED) is 0.749. The molecule has 1 rings (SSSR count). The van der Waals surface area contributed by atoms with Crippen molar-refractivity contribution in [3.8, 4) is 0 Å². The van der Waals surface area contributed by atoms with Gasteiger partial charge in [0, 0.05) is 19.6 Å². The van der Waals surface area contributed by atoms with E-state index in [2.05, 4.69) is 17.1 Å². The van der Waals surface area contributed by atoms with Gasteiger partial charge < -0.3 is 10.2 Å². The maximum atomic E-state index is 12.9. The normalized spacial score (nSPS) is 11.1. The first-order valence-electron chi connectivity index (χ1n) is 5.46. The third-order valence-electron chi connectivity index (χ3n) is 2.52. The van der Waals surface area contributed by atoms with Gasteiger partial charge in [0.2, 0.25) is 0 Å². The van der Waals surface area contributed by atoms with Crippen LogP contribution in [0, 0.1) is 11.6 Å². The molecule has 0 bridgehead atoms. The highest BCUT2D eigenvalue weighted by atomic mass is 19.2. The summed E-state index contributed by atoms with van der Waals surface area (Å²) in [7, 11) is 2.04. The maximum Gasteiger partial charge on any atom is 0.159 e. The van der Waals surface area contributed by atoms with E-state index in [0.717, 1.165) is 31.3 Å². The predicted molar refractivity (Wildman–Crippen MR) is 61.2 cm³/mol. The molecule has 1 N–H and O–H groups in total. The van der Waals surface area contributed by atoms with Crippen LogP contribution in [0.15, 0.2) is 18.2 Å². The van der Waals surface area contributed by atoms with Crippen LogP contribution in [0.2, 0.25) is 0 Å². The number of nitrogens with zero attached hydrogens (tertiary/aromatic N) is 1. The second-order valence-corrected chi connectivity index (χ2v) is 3.82. The molecule has 0 atom stereocenters. The summed E-state index contributed by atoms with van der Waals surface area (Å²) >= 11 is 0. The summed E-state index contributed by atoms with van der Waals surface area (Å²) in [6.45, 7) is 5.44. The van der Waals surface area contributed by atoms with Crippen LogP contribution in [0.5, 0.6) is 0 Å². The van der Waals surface area contributed by atoms with Gasteiger partial charge in [0.25, 0.3) is 0 Å². The molecular formula is C12H18F2N2. The number of halogens is 2. The van der Waals surface area contributed by atoms with Crippen molar-refractivity contribution < 1.29 is 8.78 Å². The highest BCUT2D eigenvalue weighted by Gasteiger charge is 2.02. The molecule has 0 heterocycles. The van der Waals surface area contributed by atoms with Crippen molar-refractivity contribution in [3.63, 3.8) is 0 Å². The smallest absolute Gasteiger partial charge is 0.159 e. The average Bonchev–Trinajstić information content (AvgIpc) is 2.28. The van der Waals surface area contributed by atoms with Crippen molar-refractivity contribution in [2.45, 2.75) is 13.5 Å². The Hall–Kier alpha value is -1.00. The third kappa shape index (κ3) is 4.24. The lowest BCUT2D eigenvalue weighted by Gasteiger charge is -2.13. The zero-order valence-corrected chi connectivity index (χ0v) is 9.76. The van der Waals surface area contributed by atoms with Crippen LogP contribution < -0.4 is 5.32 Å². The monoisotopic (exact) mass is 228 g/mol. The van der Waals surface area contributed by atoms with Crippen LogP contribution >= 0.6 is 0 Å². The van der Waals surface area contributed by atoms with E-state index >= 15 is 0 Å². The van der Waals surface area contributed by atoms with Gasteiger partial charge in [-0.1, -0.05) is 13.0 Å². The number of benzene rings is 1. The number of likely N-dealkylation sites (N-methyl/N-ethyl adjacent to an activating group) is 1. The lowest BCUT2D eigenvalue weighted by molar-refractivity contribution is 0.349. The fraction of sp³-hybridized carbons (Fsp3) is 0.500. The lowest BCUT2D eigenvalue weighted by atomic mass is 10.2. The van der Waals surface area contributed by atoms with Gasteiger partial charge in [-0.05, 0) is 31.3 Å². The number of nitrogens with one attached hydrogen (secondary N) is 1. The SMILES string of the molecule is CCN(C)CCNCc1ccc(F)c(F)c1. The molecule has 0 saturated carbocycles. The van der Waals surface area contributed by atoms with E-state index in [-0.39, 0.29) is 0 Å². The van der Waals surface area contributed by atoms with Crippen LogP contribution in [0.3, 0.4) is 0 Å². The first-order chi connectivity index (χ1) is 7.63. The van der Waals surface area contributed by atoms with Gasteiger partial charge >= 0.3 is 0 Å². The summed E-state index contributed by atoms with van der Waals surface area (Å²) < 4.78 is 25.5. The molecular weight excluding hydrogens is 210 g/mol. The molecule has 1 aromatic rings. The molecule has 0 aliphatic carbocycles. The van der Waals surface area contributed by atoms with Crippen LogP contribution in [0.1, 0.15) is 12.5 Å². The van der Waals surface area contributed by atoms with Gasteiger partial charge in [-0.2, -0.15) is 0 Å². The largest absolute Gasteiger partial charge is 0.311 e. The Morgan fingerprint density at radius 2 is 2.00 bits per heavy atom. The van der Waals surface area contributed by atoms with Crippen LogP contribution in [0.25, 0.3) is 0 Å². The van der Waals surface area contributed by atoms with E-state index in [0.29, 0.717) is 6.54 Å². The van der Waals surface area contributed by atoms with Gasteiger partial charge in [-0.15, -0.1) is 0 Å². The van der Waals surface area contributed by atoms with Gasteiger partial charge in [-0.3, -0.25) is 0 Å². The Morgan fingerprint density at radius 3 is 2.62 bits per heavy atom. The van der Waals surface area contributed by atoms with Crippen LogP contribution in [0.4, 0.5) is 8.78 Å². The number of hydrogen-bond donors (Lipinski definition) is 1. The Balaban J connectivity index is 2.29. The van der Waals surface area contributed by atoms with Gasteiger partial charge in [0.05, 0.1) is 0 Å². The van der Waals surface area contributed by atoms with Crippen molar-refractivity contribution >= 4 is 0 Å². The van der Waals surface area contributed by atoms with E-state index in [9.17, 15) is 8.78 Å². The predicted octanol–water partition coefficient (Wildman–Crippen LogP) is 2.01. The Morgan fingerprint density at radius 1 is 1.25 bits per heavy atom. The molecule has 0 saturated heterocycles. The minimum absolute atomic E-state index is 0.564. The first-order valence-corrected chi connectivity index (χ1v) is 5.46. The van der Waals surface area contributed by atoms with Crippen molar-refractivity contribution in [1.82, 2.24) is 10.2 Å². The summed E-state index contributed by atoms with van der Waals surface area (Å²) in [5, 5.41) is 3.18. The molecule has 16 heavy (non-hydrogen) atoms. The van der Waals surface area contributed by atoms with Crippen LogP contribution in [-0.4, -0.2) is 31.6 Å². The fourth-order valence-corrected chi connectivity index (χ4v) is 1.31. The molecule has 0 spiro atoms. The zero-order valence-electron chi connectivity index (χ0n) is 9.76. The molecule has 0 amide bonds. The second kappa shape index (κ2) is 6.55. The first kappa shape index (κ1) is 13.1. The van der Waals surface area contributed by atoms with Crippen molar-refractivity contribution in [2.24, 2.45) is 0 Å². The summed E-state index contributed by atoms with van der Waals surface area (Å²) in [6, 6.07) is 3.98. The maximum absolute atomic E-state index is 12.9. The van der Waals surface area contributed by atoms with Crippen molar-refractivity contribution in [1.29, 1.82) is 0 Å². The Labute approximate surface area is 95.3 Å². The van der Waals surface area contributed by atoms with E-state index in [1.54, 1.807) is 6.07 Å². The lowest BCUT2D eigenvalue weighted by Crippen LogP contribution is -2.28. The van der Waals surface area contributed by atoms with Crippen molar-refractivity contribution in [2.75, 3.05) is 26.7 Å². The van der Waals surface area contributed by atoms with E-state index in [4.69, 9.17) is 0 Å². The summed E-state index contributed by atoms with van der Waals surface area (Å²) in [4.78, 5) is 2.18. The topological polar surface area (TPSA) is 15.3 Å². The molecule has 0 unspecified atom stereocenters. The summed E-state index contributed by atoms with van der Waals surface area (Å²) in [5.74, 6) is -1.58. The minimum Gasteiger partial charge on any atom is -0.311 e. The molecule has 0 radical (unpaired) electrons. The standard InChI is InChI=1S/C12H18F2N2/c1-3-16(2)7-6-15-9-10-4-5-11(13)12(14)8-10/h4-5,8,15H,3,6-7,9H2,1-2H3. The molecule has 0 aromatic heterocycles. The van der Waals surface area contributed by atoms with Crippen LogP contribution in [-0.2, 0) is 6.54 Å². The van der Waals surface area contributed by atoms with E-state index < -0.39 is 11.6 Å². The van der Waals surface area contributed by atoms with E-state index in [1.807, 2.05) is 7.05 Å². The average molecular weight is 228 g/mol. The molecule has 2 nitrogen and oxygen atoms in total. The molecule has 90 valence electrons. The van der Waals surface area contributed by atoms with Crippen molar-refractivity contribution in [3.05, 3.63) is 35.4 Å². The highest BCUT2D eigenvalue weighted by Crippen LogP contribution is 2.08. The second-order valence-electron chi connectivity index (χ2n) is 3.82. The van der Waals surface area contributed by atoms with Gasteiger partial charge in [0.1, 0.15) is 0 Å². The van der Waals surface area contributed by atoms with Gasteiger partial charge in [-0.25, -0.2) is 8.78 Å². The Bertz CT molecular complexity index is 329. The molecule has 0 aliphatic rings. The molecule has 4 heteroatoms. The highest BCUT2D eigenvalue weighted by molar-refractivity contribution is 5.17. The molecule has 1 aromatic carbocycles. The zero-order chi connectivity index (χ0) is 12.0. The summed E-state index contributed by atoms with van der Waals surface area (Å²) in [5.41, 5.74) is 0.762. The molecule has 0 fully saturated rings.